The van der Waals surface area contributed by atoms with Gasteiger partial charge in [-0.3, -0.25) is 0 Å². The molecule has 1 heteroatoms. The summed E-state index contributed by atoms with van der Waals surface area (Å²) in [4.78, 5) is 0. The predicted molar refractivity (Wildman–Crippen MR) is 209 cm³/mol. The zero-order valence-electron chi connectivity index (χ0n) is 27.1. The van der Waals surface area contributed by atoms with E-state index in [1.807, 2.05) is 0 Å². The van der Waals surface area contributed by atoms with Crippen LogP contribution in [0.2, 0.25) is 0 Å². The zero-order valence-corrected chi connectivity index (χ0v) is 27.1. The van der Waals surface area contributed by atoms with E-state index in [0.29, 0.717) is 0 Å². The molecule has 1 N–H and O–H groups in total. The van der Waals surface area contributed by atoms with Gasteiger partial charge in [0.15, 0.2) is 0 Å². The molecule has 0 radical (unpaired) electrons. The fourth-order valence-corrected chi connectivity index (χ4v) is 6.64. The highest BCUT2D eigenvalue weighted by molar-refractivity contribution is 5.98. The van der Waals surface area contributed by atoms with Gasteiger partial charge in [0.1, 0.15) is 0 Å². The van der Waals surface area contributed by atoms with E-state index in [-0.39, 0.29) is 0 Å². The first-order valence-corrected chi connectivity index (χ1v) is 16.8. The average Bonchev–Trinajstić information content (AvgIpc) is 3.19. The molecule has 0 aromatic heterocycles. The molecule has 0 amide bonds. The summed E-state index contributed by atoms with van der Waals surface area (Å²) in [5.41, 5.74) is 16.4. The van der Waals surface area contributed by atoms with Gasteiger partial charge in [0.2, 0.25) is 0 Å². The maximum absolute atomic E-state index is 3.73. The molecule has 0 spiro atoms. The molecule has 0 aliphatic carbocycles. The van der Waals surface area contributed by atoms with E-state index in [1.54, 1.807) is 0 Å². The minimum absolute atomic E-state index is 1.05. The summed E-state index contributed by atoms with van der Waals surface area (Å²) >= 11 is 0. The van der Waals surface area contributed by atoms with Crippen LogP contribution in [0.5, 0.6) is 0 Å². The summed E-state index contributed by atoms with van der Waals surface area (Å²) in [5, 5.41) is 3.73. The highest BCUT2D eigenvalue weighted by Gasteiger charge is 2.18. The molecule has 0 bridgehead atoms. The number of hydrogen-bond acceptors (Lipinski definition) is 1. The molecule has 8 aromatic rings. The van der Waals surface area contributed by atoms with Gasteiger partial charge >= 0.3 is 0 Å². The first-order chi connectivity index (χ1) is 24.3. The minimum atomic E-state index is 1.05. The summed E-state index contributed by atoms with van der Waals surface area (Å²) in [6.45, 7) is 0. The third kappa shape index (κ3) is 6.43. The van der Waals surface area contributed by atoms with Gasteiger partial charge in [-0.05, 0) is 97.6 Å². The van der Waals surface area contributed by atoms with Gasteiger partial charge < -0.3 is 5.32 Å². The Morgan fingerprint density at radius 3 is 1.10 bits per heavy atom. The van der Waals surface area contributed by atoms with Crippen LogP contribution >= 0.6 is 0 Å². The second-order valence-corrected chi connectivity index (χ2v) is 12.2. The summed E-state index contributed by atoms with van der Waals surface area (Å²) in [6, 6.07) is 73.7. The lowest BCUT2D eigenvalue weighted by Gasteiger charge is -2.20. The number of benzene rings is 8. The molecule has 0 aliphatic rings. The fraction of sp³-hybridized carbons (Fsp3) is 0. The van der Waals surface area contributed by atoms with Gasteiger partial charge in [-0.15, -0.1) is 0 Å². The number of nitrogens with one attached hydrogen (secondary N) is 1. The Hall–Kier alpha value is -6.44. The smallest absolute Gasteiger partial charge is 0.0464 e. The Balaban J connectivity index is 1.28. The SMILES string of the molecule is c1ccc(-c2ccc(Nc3ccc(-c4cc(-c5ccccc5)c(-c5ccccc5)c(-c5ccccc5)c4)cc3-c3ccccc3)cc2)cc1. The highest BCUT2D eigenvalue weighted by atomic mass is 14.9. The molecular formula is C48H35N. The van der Waals surface area contributed by atoms with Crippen molar-refractivity contribution in [1.82, 2.24) is 0 Å². The van der Waals surface area contributed by atoms with Crippen molar-refractivity contribution in [3.8, 4) is 66.8 Å². The molecule has 49 heavy (non-hydrogen) atoms. The van der Waals surface area contributed by atoms with Gasteiger partial charge in [0.25, 0.3) is 0 Å². The summed E-state index contributed by atoms with van der Waals surface area (Å²) in [5.74, 6) is 0. The van der Waals surface area contributed by atoms with Crippen molar-refractivity contribution in [2.24, 2.45) is 0 Å². The first-order valence-electron chi connectivity index (χ1n) is 16.8. The molecule has 8 rings (SSSR count). The topological polar surface area (TPSA) is 12.0 Å². The van der Waals surface area contributed by atoms with Crippen molar-refractivity contribution in [3.05, 3.63) is 206 Å². The molecular weight excluding hydrogens is 591 g/mol. The van der Waals surface area contributed by atoms with Crippen molar-refractivity contribution in [3.63, 3.8) is 0 Å². The average molecular weight is 626 g/mol. The van der Waals surface area contributed by atoms with Gasteiger partial charge in [-0.25, -0.2) is 0 Å². The van der Waals surface area contributed by atoms with Crippen molar-refractivity contribution < 1.29 is 0 Å². The second-order valence-electron chi connectivity index (χ2n) is 12.2. The quantitative estimate of drug-likeness (QED) is 0.177. The van der Waals surface area contributed by atoms with Gasteiger partial charge in [-0.1, -0.05) is 170 Å². The normalized spacial score (nSPS) is 10.9. The van der Waals surface area contributed by atoms with Gasteiger partial charge in [0, 0.05) is 16.9 Å². The maximum Gasteiger partial charge on any atom is 0.0464 e. The van der Waals surface area contributed by atoms with Gasteiger partial charge in [0.05, 0.1) is 0 Å². The Bertz CT molecular complexity index is 2230. The van der Waals surface area contributed by atoms with Crippen molar-refractivity contribution in [2.75, 3.05) is 5.32 Å². The van der Waals surface area contributed by atoms with Crippen LogP contribution in [0, 0.1) is 0 Å². The van der Waals surface area contributed by atoms with Crippen LogP contribution in [0.4, 0.5) is 11.4 Å². The molecule has 0 saturated carbocycles. The highest BCUT2D eigenvalue weighted by Crippen LogP contribution is 2.44. The predicted octanol–water partition coefficient (Wildman–Crippen LogP) is 13.4. The van der Waals surface area contributed by atoms with Gasteiger partial charge in [-0.2, -0.15) is 0 Å². The molecule has 0 unspecified atom stereocenters. The van der Waals surface area contributed by atoms with Crippen LogP contribution in [0.25, 0.3) is 66.8 Å². The third-order valence-corrected chi connectivity index (χ3v) is 9.08. The summed E-state index contributed by atoms with van der Waals surface area (Å²) in [6.07, 6.45) is 0. The largest absolute Gasteiger partial charge is 0.355 e. The maximum atomic E-state index is 3.73. The van der Waals surface area contributed by atoms with Crippen LogP contribution in [0.15, 0.2) is 206 Å². The Morgan fingerprint density at radius 1 is 0.245 bits per heavy atom. The summed E-state index contributed by atoms with van der Waals surface area (Å²) < 4.78 is 0. The van der Waals surface area contributed by atoms with Crippen molar-refractivity contribution in [2.45, 2.75) is 0 Å². The Kier molecular flexibility index (Phi) is 8.39. The molecule has 0 heterocycles. The number of hydrogen-bond donors (Lipinski definition) is 1. The lowest BCUT2D eigenvalue weighted by Crippen LogP contribution is -1.96. The van der Waals surface area contributed by atoms with Crippen LogP contribution in [-0.4, -0.2) is 0 Å². The molecule has 0 aliphatic heterocycles. The Labute approximate surface area is 288 Å². The van der Waals surface area contributed by atoms with E-state index in [2.05, 4.69) is 212 Å². The Morgan fingerprint density at radius 2 is 0.612 bits per heavy atom. The van der Waals surface area contributed by atoms with Crippen LogP contribution < -0.4 is 5.32 Å². The van der Waals surface area contributed by atoms with Crippen molar-refractivity contribution >= 4 is 11.4 Å². The molecule has 8 aromatic carbocycles. The fourth-order valence-electron chi connectivity index (χ4n) is 6.64. The van der Waals surface area contributed by atoms with E-state index < -0.39 is 0 Å². The molecule has 232 valence electrons. The van der Waals surface area contributed by atoms with E-state index in [1.165, 1.54) is 55.6 Å². The van der Waals surface area contributed by atoms with E-state index in [0.717, 1.165) is 22.5 Å². The van der Waals surface area contributed by atoms with Crippen LogP contribution in [0.1, 0.15) is 0 Å². The minimum Gasteiger partial charge on any atom is -0.355 e. The molecule has 0 atom stereocenters. The lowest BCUT2D eigenvalue weighted by atomic mass is 9.84. The van der Waals surface area contributed by atoms with E-state index >= 15 is 0 Å². The molecule has 1 nitrogen and oxygen atoms in total. The lowest BCUT2D eigenvalue weighted by molar-refractivity contribution is 1.51. The van der Waals surface area contributed by atoms with Crippen molar-refractivity contribution in [1.29, 1.82) is 0 Å². The second kappa shape index (κ2) is 13.7. The van der Waals surface area contributed by atoms with E-state index in [9.17, 15) is 0 Å². The van der Waals surface area contributed by atoms with E-state index in [4.69, 9.17) is 0 Å². The van der Waals surface area contributed by atoms with Crippen LogP contribution in [0.3, 0.4) is 0 Å². The van der Waals surface area contributed by atoms with Crippen LogP contribution in [-0.2, 0) is 0 Å². The number of rotatable bonds is 8. The molecule has 0 saturated heterocycles. The number of anilines is 2. The molecule has 0 fully saturated rings. The monoisotopic (exact) mass is 625 g/mol. The summed E-state index contributed by atoms with van der Waals surface area (Å²) in [7, 11) is 0. The third-order valence-electron chi connectivity index (χ3n) is 9.08. The zero-order chi connectivity index (χ0) is 32.8. The first kappa shape index (κ1) is 29.9. The standard InChI is InChI=1S/C48H35N/c1-6-16-35(17-7-1)36-26-29-43(30-27-36)49-47-31-28-41(32-44(47)37-18-8-2-9-19-37)42-33-45(38-20-10-3-11-21-38)48(40-24-14-5-15-25-40)46(34-42)39-22-12-4-13-23-39/h1-34,49H.